The Morgan fingerprint density at radius 2 is 1.58 bits per heavy atom. The number of aliphatic carboxylic acids is 1. The summed E-state index contributed by atoms with van der Waals surface area (Å²) in [4.78, 5) is 39.2. The van der Waals surface area contributed by atoms with Crippen molar-refractivity contribution in [3.05, 3.63) is 78.4 Å². The second-order valence-corrected chi connectivity index (χ2v) is 15.9. The molecule has 0 bridgehead atoms. The van der Waals surface area contributed by atoms with Crippen LogP contribution in [0.5, 0.6) is 5.75 Å². The number of carboxylic acid groups (broad SMARTS) is 1. The zero-order valence-electron chi connectivity index (χ0n) is 29.5. The van der Waals surface area contributed by atoms with Gasteiger partial charge in [-0.3, -0.25) is 10.1 Å². The smallest absolute Gasteiger partial charge is 0.412 e. The number of amides is 2. The fraction of sp³-hybridized carbons (Fsp3) is 0.447. The Balaban J connectivity index is 1.66. The van der Waals surface area contributed by atoms with Gasteiger partial charge in [-0.15, -0.1) is 0 Å². The number of carboxylic acids is 1. The van der Waals surface area contributed by atoms with Crippen LogP contribution >= 0.6 is 0 Å². The molecule has 270 valence electrons. The summed E-state index contributed by atoms with van der Waals surface area (Å²) in [6.45, 7) is 9.51. The lowest BCUT2D eigenvalue weighted by molar-refractivity contribution is -0.142. The van der Waals surface area contributed by atoms with E-state index in [0.717, 1.165) is 44.2 Å². The number of ether oxygens (including phenoxy) is 2. The molecular weight excluding hydrogens is 658 g/mol. The molecule has 12 heteroatoms. The number of carbonyl (C=O) groups excluding carboxylic acids is 2. The zero-order chi connectivity index (χ0) is 36.5. The fourth-order valence-corrected chi connectivity index (χ4v) is 8.33. The first-order chi connectivity index (χ1) is 23.6. The van der Waals surface area contributed by atoms with Crippen LogP contribution in [0.2, 0.25) is 0 Å². The Hall–Kier alpha value is -4.58. The van der Waals surface area contributed by atoms with Gasteiger partial charge >= 0.3 is 12.1 Å². The van der Waals surface area contributed by atoms with Gasteiger partial charge < -0.3 is 24.8 Å². The summed E-state index contributed by atoms with van der Waals surface area (Å²) in [6, 6.07) is 19.0. The van der Waals surface area contributed by atoms with Crippen molar-refractivity contribution in [3.63, 3.8) is 0 Å². The molecular formula is C38H49N3O8S. The summed E-state index contributed by atoms with van der Waals surface area (Å²) in [6.07, 6.45) is 4.52. The molecule has 1 heterocycles. The van der Waals surface area contributed by atoms with Gasteiger partial charge in [-0.25, -0.2) is 18.0 Å². The van der Waals surface area contributed by atoms with Gasteiger partial charge in [-0.05, 0) is 75.6 Å². The number of unbranched alkanes of at least 4 members (excludes halogenated alkanes) is 2. The molecule has 1 aliphatic heterocycles. The molecule has 3 aromatic carbocycles. The van der Waals surface area contributed by atoms with Gasteiger partial charge in [-0.1, -0.05) is 69.9 Å². The molecule has 0 spiro atoms. The minimum Gasteiger partial charge on any atom is -0.484 e. The molecule has 0 aromatic heterocycles. The van der Waals surface area contributed by atoms with Crippen molar-refractivity contribution in [2.45, 2.75) is 89.7 Å². The van der Waals surface area contributed by atoms with Crippen LogP contribution < -0.4 is 20.3 Å². The summed E-state index contributed by atoms with van der Waals surface area (Å²) in [7, 11) is -3.83. The van der Waals surface area contributed by atoms with Crippen LogP contribution in [0.25, 0.3) is 0 Å². The summed E-state index contributed by atoms with van der Waals surface area (Å²) >= 11 is 0. The topological polar surface area (TPSA) is 151 Å². The third-order valence-electron chi connectivity index (χ3n) is 8.55. The Morgan fingerprint density at radius 1 is 0.940 bits per heavy atom. The van der Waals surface area contributed by atoms with E-state index in [0.29, 0.717) is 23.5 Å². The van der Waals surface area contributed by atoms with E-state index in [1.165, 1.54) is 6.07 Å². The SMILES string of the molecule is CCCCC1(CCCC)CN(c2ccc(NC(=O)OC(C)(C)C)cc2)c2ccc(OCC(=O)N[C@@H](C(=O)O)c3ccccc3)cc2S(=O)(=O)C1. The highest BCUT2D eigenvalue weighted by Gasteiger charge is 2.42. The highest BCUT2D eigenvalue weighted by atomic mass is 32.2. The van der Waals surface area contributed by atoms with Crippen molar-refractivity contribution >= 4 is 44.9 Å². The van der Waals surface area contributed by atoms with Crippen molar-refractivity contribution in [1.82, 2.24) is 5.32 Å². The molecule has 0 radical (unpaired) electrons. The molecule has 0 saturated carbocycles. The van der Waals surface area contributed by atoms with Crippen molar-refractivity contribution in [1.29, 1.82) is 0 Å². The first-order valence-electron chi connectivity index (χ1n) is 17.1. The summed E-state index contributed by atoms with van der Waals surface area (Å²) < 4.78 is 39.7. The number of anilines is 3. The number of sulfone groups is 1. The maximum Gasteiger partial charge on any atom is 0.412 e. The van der Waals surface area contributed by atoms with Crippen LogP contribution in [0.1, 0.15) is 84.7 Å². The summed E-state index contributed by atoms with van der Waals surface area (Å²) in [5, 5.41) is 14.9. The number of hydrogen-bond acceptors (Lipinski definition) is 8. The third-order valence-corrected chi connectivity index (χ3v) is 10.5. The second-order valence-electron chi connectivity index (χ2n) is 13.9. The van der Waals surface area contributed by atoms with Crippen LogP contribution in [0.4, 0.5) is 21.9 Å². The molecule has 0 saturated heterocycles. The van der Waals surface area contributed by atoms with E-state index in [-0.39, 0.29) is 16.4 Å². The molecule has 0 fully saturated rings. The molecule has 0 unspecified atom stereocenters. The Kier molecular flexibility index (Phi) is 12.6. The van der Waals surface area contributed by atoms with E-state index in [1.807, 2.05) is 17.0 Å². The molecule has 1 atom stereocenters. The maximum atomic E-state index is 14.3. The number of fused-ring (bicyclic) bond motifs is 1. The van der Waals surface area contributed by atoms with Crippen LogP contribution in [0, 0.1) is 5.41 Å². The molecule has 2 amide bonds. The van der Waals surface area contributed by atoms with E-state index in [2.05, 4.69) is 24.5 Å². The largest absolute Gasteiger partial charge is 0.484 e. The highest BCUT2D eigenvalue weighted by molar-refractivity contribution is 7.91. The lowest BCUT2D eigenvalue weighted by Crippen LogP contribution is -2.38. The lowest BCUT2D eigenvalue weighted by Gasteiger charge is -2.37. The monoisotopic (exact) mass is 707 g/mol. The van der Waals surface area contributed by atoms with Gasteiger partial charge in [0.05, 0.1) is 16.3 Å². The molecule has 0 aliphatic carbocycles. The second kappa shape index (κ2) is 16.4. The number of carbonyl (C=O) groups is 3. The quantitative estimate of drug-likeness (QED) is 0.153. The minimum absolute atomic E-state index is 0.0386. The number of nitrogens with one attached hydrogen (secondary N) is 2. The molecule has 3 N–H and O–H groups in total. The molecule has 50 heavy (non-hydrogen) atoms. The van der Waals surface area contributed by atoms with Gasteiger partial charge in [0.2, 0.25) is 0 Å². The Bertz CT molecular complexity index is 1730. The van der Waals surface area contributed by atoms with Gasteiger partial charge in [0.25, 0.3) is 5.91 Å². The average Bonchev–Trinajstić information content (AvgIpc) is 3.15. The third kappa shape index (κ3) is 10.2. The number of benzene rings is 3. The molecule has 11 nitrogen and oxygen atoms in total. The number of hydrogen-bond donors (Lipinski definition) is 3. The van der Waals surface area contributed by atoms with Gasteiger partial charge in [0, 0.05) is 29.4 Å². The van der Waals surface area contributed by atoms with E-state index in [4.69, 9.17) is 9.47 Å². The molecule has 1 aliphatic rings. The van der Waals surface area contributed by atoms with Crippen LogP contribution in [-0.4, -0.2) is 56.0 Å². The predicted molar refractivity (Wildman–Crippen MR) is 194 cm³/mol. The van der Waals surface area contributed by atoms with Crippen molar-refractivity contribution in [3.8, 4) is 5.75 Å². The van der Waals surface area contributed by atoms with E-state index in [9.17, 15) is 27.9 Å². The average molecular weight is 708 g/mol. The van der Waals surface area contributed by atoms with Gasteiger partial charge in [0.15, 0.2) is 22.5 Å². The minimum atomic E-state index is -3.83. The van der Waals surface area contributed by atoms with Crippen molar-refractivity contribution in [2.24, 2.45) is 5.41 Å². The van der Waals surface area contributed by atoms with Gasteiger partial charge in [0.1, 0.15) is 11.4 Å². The normalized spacial score (nSPS) is 15.6. The number of nitrogens with zero attached hydrogens (tertiary/aromatic N) is 1. The molecule has 4 rings (SSSR count). The highest BCUT2D eigenvalue weighted by Crippen LogP contribution is 2.46. The Morgan fingerprint density at radius 3 is 2.16 bits per heavy atom. The maximum absolute atomic E-state index is 14.3. The standard InChI is InChI=1S/C38H49N3O8S/c1-6-8-21-38(22-9-7-2)25-41(29-17-15-28(16-18-29)39-36(45)49-37(3,4)5)31-20-19-30(23-32(31)50(46,47)26-38)48-24-33(42)40-34(35(43)44)27-13-11-10-12-14-27/h10-20,23,34H,6-9,21-22,24-26H2,1-5H3,(H,39,45)(H,40,42)(H,43,44)/t34-/m1/s1. The summed E-state index contributed by atoms with van der Waals surface area (Å²) in [5.41, 5.74) is 1.01. The van der Waals surface area contributed by atoms with Crippen molar-refractivity contribution < 1.29 is 37.4 Å². The van der Waals surface area contributed by atoms with Gasteiger partial charge in [-0.2, -0.15) is 0 Å². The first-order valence-corrected chi connectivity index (χ1v) is 18.7. The van der Waals surface area contributed by atoms with Crippen LogP contribution in [0.3, 0.4) is 0 Å². The lowest BCUT2D eigenvalue weighted by atomic mass is 9.79. The van der Waals surface area contributed by atoms with E-state index in [1.54, 1.807) is 75.4 Å². The number of rotatable bonds is 14. The van der Waals surface area contributed by atoms with Crippen LogP contribution in [0.15, 0.2) is 77.7 Å². The predicted octanol–water partition coefficient (Wildman–Crippen LogP) is 7.65. The van der Waals surface area contributed by atoms with Crippen LogP contribution in [-0.2, 0) is 24.2 Å². The molecule has 3 aromatic rings. The zero-order valence-corrected chi connectivity index (χ0v) is 30.3. The van der Waals surface area contributed by atoms with E-state index < -0.39 is 51.5 Å². The Labute approximate surface area is 295 Å². The summed E-state index contributed by atoms with van der Waals surface area (Å²) in [5.74, 6) is -1.76. The van der Waals surface area contributed by atoms with Crippen molar-refractivity contribution in [2.75, 3.05) is 29.1 Å². The van der Waals surface area contributed by atoms with E-state index >= 15 is 0 Å². The first kappa shape index (κ1) is 38.2. The fourth-order valence-electron chi connectivity index (χ4n) is 6.20.